The third kappa shape index (κ3) is 3.92. The smallest absolute Gasteiger partial charge is 0.277 e. The summed E-state index contributed by atoms with van der Waals surface area (Å²) in [5.41, 5.74) is 8.17. The van der Waals surface area contributed by atoms with Gasteiger partial charge in [-0.2, -0.15) is 0 Å². The van der Waals surface area contributed by atoms with Crippen LogP contribution in [0.1, 0.15) is 36.0 Å². The van der Waals surface area contributed by atoms with Crippen molar-refractivity contribution in [2.24, 2.45) is 0 Å². The molecule has 3 N–H and O–H groups in total. The lowest BCUT2D eigenvalue weighted by atomic mass is 10.0. The molecule has 158 valence electrons. The van der Waals surface area contributed by atoms with Crippen LogP contribution >= 0.6 is 0 Å². The predicted octanol–water partition coefficient (Wildman–Crippen LogP) is 4.49. The molecule has 0 saturated heterocycles. The van der Waals surface area contributed by atoms with Crippen molar-refractivity contribution in [2.75, 3.05) is 22.5 Å². The van der Waals surface area contributed by atoms with Crippen molar-refractivity contribution in [3.8, 4) is 0 Å². The van der Waals surface area contributed by atoms with Gasteiger partial charge in [-0.1, -0.05) is 24.6 Å². The Labute approximate surface area is 178 Å². The lowest BCUT2D eigenvalue weighted by Gasteiger charge is -2.17. The minimum atomic E-state index is -0.426. The number of unbranched alkanes of at least 4 members (excludes halogenated alkanes) is 2. The summed E-state index contributed by atoms with van der Waals surface area (Å²) in [7, 11) is 0. The summed E-state index contributed by atoms with van der Waals surface area (Å²) >= 11 is 0. The molecule has 0 unspecified atom stereocenters. The maximum atomic E-state index is 12.8. The van der Waals surface area contributed by atoms with E-state index in [2.05, 4.69) is 5.32 Å². The molecule has 0 atom stereocenters. The van der Waals surface area contributed by atoms with Gasteiger partial charge in [-0.25, -0.2) is 0 Å². The zero-order valence-corrected chi connectivity index (χ0v) is 16.8. The average Bonchev–Trinajstić information content (AvgIpc) is 3.03. The standard InChI is InChI=1S/C23H22N4O4/c24-17-9-3-4-10-18(17)25-21(28)11-2-1-5-14-26-20-13-12-19(27(30)31)15-7-6-8-16(22(15)20)23(26)29/h3-4,6-10,12-13H,1-2,5,11,14,24H2,(H,25,28). The van der Waals surface area contributed by atoms with Gasteiger partial charge in [-0.3, -0.25) is 19.7 Å². The Kier molecular flexibility index (Phi) is 5.53. The Morgan fingerprint density at radius 1 is 1.03 bits per heavy atom. The predicted molar refractivity (Wildman–Crippen MR) is 120 cm³/mol. The fourth-order valence-electron chi connectivity index (χ4n) is 3.97. The maximum absolute atomic E-state index is 12.8. The van der Waals surface area contributed by atoms with Crippen LogP contribution in [0.15, 0.2) is 54.6 Å². The van der Waals surface area contributed by atoms with Gasteiger partial charge in [0.15, 0.2) is 0 Å². The van der Waals surface area contributed by atoms with Gasteiger partial charge in [0.1, 0.15) is 0 Å². The number of rotatable bonds is 8. The number of nitro groups is 1. The quantitative estimate of drug-likeness (QED) is 0.242. The summed E-state index contributed by atoms with van der Waals surface area (Å²) in [6, 6.07) is 15.3. The molecule has 0 fully saturated rings. The van der Waals surface area contributed by atoms with Crippen LogP contribution in [0.5, 0.6) is 0 Å². The molecule has 1 heterocycles. The van der Waals surface area contributed by atoms with E-state index in [0.29, 0.717) is 52.8 Å². The number of nitro benzene ring substituents is 1. The third-order valence-corrected chi connectivity index (χ3v) is 5.48. The number of anilines is 3. The molecule has 0 saturated carbocycles. The first kappa shape index (κ1) is 20.3. The van der Waals surface area contributed by atoms with Crippen molar-refractivity contribution in [3.05, 3.63) is 70.3 Å². The van der Waals surface area contributed by atoms with Crippen molar-refractivity contribution >= 4 is 45.3 Å². The minimum Gasteiger partial charge on any atom is -0.397 e. The molecular weight excluding hydrogens is 396 g/mol. The SMILES string of the molecule is Nc1ccccc1NC(=O)CCCCCN1C(=O)c2cccc3c([N+](=O)[O-])ccc1c23. The minimum absolute atomic E-state index is 0.000292. The van der Waals surface area contributed by atoms with E-state index in [4.69, 9.17) is 5.73 Å². The Bertz CT molecular complexity index is 1190. The number of para-hydroxylation sites is 2. The van der Waals surface area contributed by atoms with Gasteiger partial charge in [-0.05, 0) is 43.2 Å². The van der Waals surface area contributed by atoms with E-state index in [1.165, 1.54) is 6.07 Å². The number of nitrogens with one attached hydrogen (secondary N) is 1. The number of carbonyl (C=O) groups excluding carboxylic acids is 2. The highest BCUT2D eigenvalue weighted by atomic mass is 16.6. The Balaban J connectivity index is 1.34. The Morgan fingerprint density at radius 3 is 2.61 bits per heavy atom. The summed E-state index contributed by atoms with van der Waals surface area (Å²) in [6.07, 6.45) is 2.54. The first-order valence-corrected chi connectivity index (χ1v) is 10.1. The fourth-order valence-corrected chi connectivity index (χ4v) is 3.97. The van der Waals surface area contributed by atoms with E-state index in [9.17, 15) is 19.7 Å². The van der Waals surface area contributed by atoms with Gasteiger partial charge in [0.05, 0.1) is 32.9 Å². The Morgan fingerprint density at radius 2 is 1.84 bits per heavy atom. The van der Waals surface area contributed by atoms with Gasteiger partial charge < -0.3 is 16.0 Å². The number of amides is 2. The summed E-state index contributed by atoms with van der Waals surface area (Å²) < 4.78 is 0. The Hall–Kier alpha value is -3.94. The molecule has 1 aliphatic heterocycles. The van der Waals surface area contributed by atoms with Crippen LogP contribution in [-0.2, 0) is 4.79 Å². The van der Waals surface area contributed by atoms with E-state index in [0.717, 1.165) is 12.8 Å². The molecule has 2 amide bonds. The normalized spacial score (nSPS) is 12.4. The van der Waals surface area contributed by atoms with Gasteiger partial charge >= 0.3 is 0 Å². The first-order chi connectivity index (χ1) is 15.0. The molecule has 8 heteroatoms. The number of carbonyl (C=O) groups is 2. The molecule has 0 aromatic heterocycles. The van der Waals surface area contributed by atoms with Crippen LogP contribution in [0.3, 0.4) is 0 Å². The monoisotopic (exact) mass is 418 g/mol. The summed E-state index contributed by atoms with van der Waals surface area (Å²) in [5.74, 6) is -0.238. The van der Waals surface area contributed by atoms with Gasteiger partial charge in [0.25, 0.3) is 11.6 Å². The fraction of sp³-hybridized carbons (Fsp3) is 0.217. The maximum Gasteiger partial charge on any atom is 0.277 e. The van der Waals surface area contributed by atoms with Gasteiger partial charge in [-0.15, -0.1) is 0 Å². The van der Waals surface area contributed by atoms with Crippen molar-refractivity contribution in [2.45, 2.75) is 25.7 Å². The second-order valence-corrected chi connectivity index (χ2v) is 7.49. The second-order valence-electron chi connectivity index (χ2n) is 7.49. The van der Waals surface area contributed by atoms with Crippen molar-refractivity contribution in [3.63, 3.8) is 0 Å². The van der Waals surface area contributed by atoms with Gasteiger partial charge in [0.2, 0.25) is 5.91 Å². The third-order valence-electron chi connectivity index (χ3n) is 5.48. The summed E-state index contributed by atoms with van der Waals surface area (Å²) in [6.45, 7) is 0.494. The van der Waals surface area contributed by atoms with E-state index >= 15 is 0 Å². The molecule has 4 rings (SSSR count). The molecule has 0 radical (unpaired) electrons. The number of nitrogens with zero attached hydrogens (tertiary/aromatic N) is 2. The van der Waals surface area contributed by atoms with E-state index in [1.54, 1.807) is 41.3 Å². The van der Waals surface area contributed by atoms with Crippen LogP contribution < -0.4 is 16.0 Å². The van der Waals surface area contributed by atoms with E-state index in [-0.39, 0.29) is 17.5 Å². The molecule has 3 aromatic rings. The first-order valence-electron chi connectivity index (χ1n) is 10.1. The lowest BCUT2D eigenvalue weighted by molar-refractivity contribution is -0.383. The van der Waals surface area contributed by atoms with E-state index in [1.807, 2.05) is 12.1 Å². The molecular formula is C23H22N4O4. The van der Waals surface area contributed by atoms with Crippen molar-refractivity contribution in [1.82, 2.24) is 0 Å². The van der Waals surface area contributed by atoms with E-state index < -0.39 is 4.92 Å². The summed E-state index contributed by atoms with van der Waals surface area (Å²) in [4.78, 5) is 37.5. The topological polar surface area (TPSA) is 119 Å². The van der Waals surface area contributed by atoms with Crippen LogP contribution in [0, 0.1) is 10.1 Å². The largest absolute Gasteiger partial charge is 0.397 e. The highest BCUT2D eigenvalue weighted by Gasteiger charge is 2.31. The molecule has 3 aromatic carbocycles. The van der Waals surface area contributed by atoms with Crippen molar-refractivity contribution < 1.29 is 14.5 Å². The molecule has 0 bridgehead atoms. The zero-order valence-electron chi connectivity index (χ0n) is 16.8. The van der Waals surface area contributed by atoms with Crippen LogP contribution in [0.2, 0.25) is 0 Å². The molecule has 31 heavy (non-hydrogen) atoms. The number of non-ortho nitro benzene ring substituents is 1. The summed E-state index contributed by atoms with van der Waals surface area (Å²) in [5, 5.41) is 15.2. The highest BCUT2D eigenvalue weighted by Crippen LogP contribution is 2.41. The number of nitrogens with two attached hydrogens (primary N) is 1. The van der Waals surface area contributed by atoms with Gasteiger partial charge in [0, 0.05) is 24.4 Å². The zero-order chi connectivity index (χ0) is 22.0. The number of nitrogen functional groups attached to an aromatic ring is 1. The second kappa shape index (κ2) is 8.43. The molecule has 0 aliphatic carbocycles. The molecule has 0 spiro atoms. The molecule has 1 aliphatic rings. The molecule has 8 nitrogen and oxygen atoms in total. The van der Waals surface area contributed by atoms with Crippen LogP contribution in [0.4, 0.5) is 22.7 Å². The van der Waals surface area contributed by atoms with Crippen LogP contribution in [-0.4, -0.2) is 23.3 Å². The number of benzene rings is 3. The lowest BCUT2D eigenvalue weighted by Crippen LogP contribution is -2.27. The van der Waals surface area contributed by atoms with Crippen molar-refractivity contribution in [1.29, 1.82) is 0 Å². The number of hydrogen-bond donors (Lipinski definition) is 2. The van der Waals surface area contributed by atoms with Crippen LogP contribution in [0.25, 0.3) is 10.8 Å². The average molecular weight is 418 g/mol. The highest BCUT2D eigenvalue weighted by molar-refractivity contribution is 6.26. The number of hydrogen-bond acceptors (Lipinski definition) is 5.